The van der Waals surface area contributed by atoms with Crippen LogP contribution in [0.5, 0.6) is 0 Å². The Bertz CT molecular complexity index is 292. The number of aromatic nitrogens is 2. The Kier molecular flexibility index (Phi) is 3.61. The lowest BCUT2D eigenvalue weighted by Crippen LogP contribution is -2.12. The van der Waals surface area contributed by atoms with Gasteiger partial charge in [0.2, 0.25) is 0 Å². The Morgan fingerprint density at radius 2 is 2.07 bits per heavy atom. The van der Waals surface area contributed by atoms with Gasteiger partial charge in [-0.3, -0.25) is 4.68 Å². The molecule has 0 aromatic carbocycles. The molecular formula is C10H16F2N2. The zero-order valence-electron chi connectivity index (χ0n) is 8.80. The van der Waals surface area contributed by atoms with Crippen molar-refractivity contribution < 1.29 is 8.78 Å². The first-order chi connectivity index (χ1) is 6.54. The standard InChI is InChI=1S/C10H16F2N2/c1-4-8-5-9(7(2)3)14(13-8)6-10(11)12/h5,7,10H,4,6H2,1-3H3. The van der Waals surface area contributed by atoms with Gasteiger partial charge in [0.1, 0.15) is 6.54 Å². The molecule has 0 aliphatic heterocycles. The van der Waals surface area contributed by atoms with E-state index in [9.17, 15) is 8.78 Å². The number of aryl methyl sites for hydroxylation is 1. The maximum absolute atomic E-state index is 12.2. The van der Waals surface area contributed by atoms with Gasteiger partial charge in [0.05, 0.1) is 5.69 Å². The maximum Gasteiger partial charge on any atom is 0.257 e. The summed E-state index contributed by atoms with van der Waals surface area (Å²) in [6, 6.07) is 1.91. The molecule has 0 amide bonds. The van der Waals surface area contributed by atoms with Gasteiger partial charge in [0.25, 0.3) is 6.43 Å². The van der Waals surface area contributed by atoms with Crippen LogP contribution in [0.15, 0.2) is 6.07 Å². The molecule has 0 atom stereocenters. The monoisotopic (exact) mass is 202 g/mol. The van der Waals surface area contributed by atoms with E-state index in [4.69, 9.17) is 0 Å². The lowest BCUT2D eigenvalue weighted by atomic mass is 10.1. The molecule has 80 valence electrons. The molecule has 0 aliphatic carbocycles. The number of rotatable bonds is 4. The summed E-state index contributed by atoms with van der Waals surface area (Å²) in [7, 11) is 0. The van der Waals surface area contributed by atoms with Crippen molar-refractivity contribution >= 4 is 0 Å². The van der Waals surface area contributed by atoms with E-state index >= 15 is 0 Å². The van der Waals surface area contributed by atoms with Crippen molar-refractivity contribution in [2.24, 2.45) is 0 Å². The van der Waals surface area contributed by atoms with Crippen molar-refractivity contribution in [2.45, 2.75) is 46.1 Å². The van der Waals surface area contributed by atoms with E-state index in [-0.39, 0.29) is 12.5 Å². The van der Waals surface area contributed by atoms with E-state index in [2.05, 4.69) is 5.10 Å². The summed E-state index contributed by atoms with van der Waals surface area (Å²) in [5.74, 6) is 0.238. The summed E-state index contributed by atoms with van der Waals surface area (Å²) in [6.45, 7) is 5.64. The summed E-state index contributed by atoms with van der Waals surface area (Å²) in [4.78, 5) is 0. The van der Waals surface area contributed by atoms with Gasteiger partial charge in [-0.15, -0.1) is 0 Å². The number of nitrogens with zero attached hydrogens (tertiary/aromatic N) is 2. The molecule has 0 N–H and O–H groups in total. The van der Waals surface area contributed by atoms with Crippen molar-refractivity contribution in [1.82, 2.24) is 9.78 Å². The fourth-order valence-corrected chi connectivity index (χ4v) is 1.40. The Morgan fingerprint density at radius 1 is 1.43 bits per heavy atom. The normalized spacial score (nSPS) is 11.6. The summed E-state index contributed by atoms with van der Waals surface area (Å²) < 4.78 is 25.9. The van der Waals surface area contributed by atoms with Crippen LogP contribution >= 0.6 is 0 Å². The second-order valence-electron chi connectivity index (χ2n) is 3.64. The molecule has 0 saturated heterocycles. The quantitative estimate of drug-likeness (QED) is 0.734. The Balaban J connectivity index is 2.93. The zero-order valence-corrected chi connectivity index (χ0v) is 8.80. The van der Waals surface area contributed by atoms with Crippen LogP contribution in [0.1, 0.15) is 38.1 Å². The first-order valence-corrected chi connectivity index (χ1v) is 4.89. The molecule has 1 rings (SSSR count). The molecule has 2 nitrogen and oxygen atoms in total. The fourth-order valence-electron chi connectivity index (χ4n) is 1.40. The lowest BCUT2D eigenvalue weighted by molar-refractivity contribution is 0.120. The van der Waals surface area contributed by atoms with E-state index in [0.29, 0.717) is 0 Å². The molecule has 1 aromatic heterocycles. The van der Waals surface area contributed by atoms with Crippen LogP contribution in [-0.2, 0) is 13.0 Å². The highest BCUT2D eigenvalue weighted by Gasteiger charge is 2.13. The average molecular weight is 202 g/mol. The Labute approximate surface area is 82.9 Å². The van der Waals surface area contributed by atoms with Crippen LogP contribution in [0, 0.1) is 0 Å². The second-order valence-corrected chi connectivity index (χ2v) is 3.64. The van der Waals surface area contributed by atoms with Gasteiger partial charge in [-0.05, 0) is 18.4 Å². The van der Waals surface area contributed by atoms with Crippen molar-refractivity contribution in [3.8, 4) is 0 Å². The van der Waals surface area contributed by atoms with Gasteiger partial charge in [-0.1, -0.05) is 20.8 Å². The summed E-state index contributed by atoms with van der Waals surface area (Å²) in [5.41, 5.74) is 1.77. The van der Waals surface area contributed by atoms with E-state index in [1.807, 2.05) is 26.8 Å². The molecule has 0 unspecified atom stereocenters. The minimum absolute atomic E-state index is 0.238. The molecule has 0 radical (unpaired) electrons. The first-order valence-electron chi connectivity index (χ1n) is 4.89. The molecule has 0 spiro atoms. The van der Waals surface area contributed by atoms with Crippen LogP contribution in [-0.4, -0.2) is 16.2 Å². The van der Waals surface area contributed by atoms with Gasteiger partial charge in [0.15, 0.2) is 0 Å². The molecular weight excluding hydrogens is 186 g/mol. The van der Waals surface area contributed by atoms with Crippen LogP contribution in [0.4, 0.5) is 8.78 Å². The minimum Gasteiger partial charge on any atom is -0.263 e. The van der Waals surface area contributed by atoms with Crippen molar-refractivity contribution in [1.29, 1.82) is 0 Å². The fraction of sp³-hybridized carbons (Fsp3) is 0.700. The minimum atomic E-state index is -2.34. The average Bonchev–Trinajstić information content (AvgIpc) is 2.46. The molecule has 0 aliphatic rings. The highest BCUT2D eigenvalue weighted by atomic mass is 19.3. The maximum atomic E-state index is 12.2. The molecule has 0 bridgehead atoms. The molecule has 4 heteroatoms. The Morgan fingerprint density at radius 3 is 2.50 bits per heavy atom. The predicted octanol–water partition coefficient (Wildman–Crippen LogP) is 2.83. The molecule has 14 heavy (non-hydrogen) atoms. The van der Waals surface area contributed by atoms with Gasteiger partial charge >= 0.3 is 0 Å². The molecule has 1 aromatic rings. The molecule has 0 fully saturated rings. The third kappa shape index (κ3) is 2.53. The number of alkyl halides is 2. The van der Waals surface area contributed by atoms with Crippen LogP contribution in [0.3, 0.4) is 0 Å². The third-order valence-corrected chi connectivity index (χ3v) is 2.13. The van der Waals surface area contributed by atoms with Gasteiger partial charge in [0, 0.05) is 5.69 Å². The summed E-state index contributed by atoms with van der Waals surface area (Å²) >= 11 is 0. The van der Waals surface area contributed by atoms with Crippen LogP contribution in [0.25, 0.3) is 0 Å². The highest BCUT2D eigenvalue weighted by molar-refractivity contribution is 5.13. The smallest absolute Gasteiger partial charge is 0.257 e. The highest BCUT2D eigenvalue weighted by Crippen LogP contribution is 2.17. The van der Waals surface area contributed by atoms with E-state index in [1.165, 1.54) is 4.68 Å². The van der Waals surface area contributed by atoms with Crippen LogP contribution in [0.2, 0.25) is 0 Å². The number of hydrogen-bond acceptors (Lipinski definition) is 1. The second kappa shape index (κ2) is 4.53. The van der Waals surface area contributed by atoms with Gasteiger partial charge in [-0.25, -0.2) is 8.78 Å². The molecule has 1 heterocycles. The van der Waals surface area contributed by atoms with E-state index < -0.39 is 6.43 Å². The zero-order chi connectivity index (χ0) is 10.7. The van der Waals surface area contributed by atoms with Crippen molar-refractivity contribution in [3.63, 3.8) is 0 Å². The summed E-state index contributed by atoms with van der Waals surface area (Å²) in [6.07, 6.45) is -1.55. The van der Waals surface area contributed by atoms with E-state index in [0.717, 1.165) is 17.8 Å². The topological polar surface area (TPSA) is 17.8 Å². The Hall–Kier alpha value is -0.930. The first kappa shape index (κ1) is 11.1. The van der Waals surface area contributed by atoms with Crippen molar-refractivity contribution in [2.75, 3.05) is 0 Å². The largest absolute Gasteiger partial charge is 0.263 e. The van der Waals surface area contributed by atoms with Crippen molar-refractivity contribution in [3.05, 3.63) is 17.5 Å². The molecule has 0 saturated carbocycles. The van der Waals surface area contributed by atoms with Gasteiger partial charge < -0.3 is 0 Å². The summed E-state index contributed by atoms with van der Waals surface area (Å²) in [5, 5.41) is 4.13. The predicted molar refractivity (Wildman–Crippen MR) is 51.7 cm³/mol. The van der Waals surface area contributed by atoms with Crippen LogP contribution < -0.4 is 0 Å². The number of hydrogen-bond donors (Lipinski definition) is 0. The SMILES string of the molecule is CCc1cc(C(C)C)n(CC(F)F)n1. The van der Waals surface area contributed by atoms with E-state index in [1.54, 1.807) is 0 Å². The lowest BCUT2D eigenvalue weighted by Gasteiger charge is -2.08. The third-order valence-electron chi connectivity index (χ3n) is 2.13. The van der Waals surface area contributed by atoms with Gasteiger partial charge in [-0.2, -0.15) is 5.10 Å². The number of halogens is 2.